The van der Waals surface area contributed by atoms with Gasteiger partial charge in [0, 0.05) is 19.2 Å². The van der Waals surface area contributed by atoms with Gasteiger partial charge in [0.2, 0.25) is 0 Å². The van der Waals surface area contributed by atoms with Gasteiger partial charge in [-0.2, -0.15) is 13.2 Å². The molecule has 0 bridgehead atoms. The first-order chi connectivity index (χ1) is 11.8. The predicted octanol–water partition coefficient (Wildman–Crippen LogP) is 1.02. The number of nitrogens with zero attached hydrogens (tertiary/aromatic N) is 3. The van der Waals surface area contributed by atoms with Crippen LogP contribution in [0.5, 0.6) is 0 Å². The maximum Gasteiger partial charge on any atom is 0.491 e. The zero-order valence-electron chi connectivity index (χ0n) is 13.3. The number of likely N-dealkylation sites (tertiary alicyclic amines) is 1. The van der Waals surface area contributed by atoms with Crippen molar-refractivity contribution >= 4 is 17.8 Å². The molecular weight excluding hydrogens is 343 g/mol. The maximum absolute atomic E-state index is 12.3. The first-order valence-electron chi connectivity index (χ1n) is 7.74. The highest BCUT2D eigenvalue weighted by Gasteiger charge is 2.42. The minimum absolute atomic E-state index is 0.0812. The molecule has 2 rings (SSSR count). The van der Waals surface area contributed by atoms with Gasteiger partial charge < -0.3 is 9.64 Å². The van der Waals surface area contributed by atoms with Crippen LogP contribution >= 0.6 is 0 Å². The van der Waals surface area contributed by atoms with Gasteiger partial charge in [0.1, 0.15) is 12.6 Å². The van der Waals surface area contributed by atoms with Gasteiger partial charge in [0.05, 0.1) is 5.56 Å². The van der Waals surface area contributed by atoms with Crippen LogP contribution in [0.2, 0.25) is 0 Å². The number of piperidine rings is 1. The third-order valence-electron chi connectivity index (χ3n) is 3.64. The minimum atomic E-state index is -5.21. The lowest BCUT2D eigenvalue weighted by atomic mass is 10.1. The molecule has 0 atom stereocenters. The summed E-state index contributed by atoms with van der Waals surface area (Å²) in [6.07, 6.45) is 0.134. The third-order valence-corrected chi connectivity index (χ3v) is 3.64. The standard InChI is InChI=1S/C15H17F3N3O4/c16-15(17,18)14(24)25-12(22)5-9-21-8-4-11(10-19-21)13(23)20-6-2-1-3-7-20/h4,8,10H,1-3,5-7,9H2/q+1. The number of carbonyl (C=O) groups excluding carboxylic acids is 3. The number of hydrogen-bond acceptors (Lipinski definition) is 5. The lowest BCUT2D eigenvalue weighted by Crippen LogP contribution is -2.41. The van der Waals surface area contributed by atoms with E-state index in [9.17, 15) is 27.6 Å². The van der Waals surface area contributed by atoms with E-state index in [1.165, 1.54) is 23.1 Å². The molecule has 1 amide bonds. The molecule has 2 heterocycles. The molecule has 0 aliphatic carbocycles. The van der Waals surface area contributed by atoms with Gasteiger partial charge in [-0.3, -0.25) is 9.59 Å². The minimum Gasteiger partial charge on any atom is -0.386 e. The van der Waals surface area contributed by atoms with Gasteiger partial charge in [-0.05, 0) is 24.4 Å². The molecule has 1 aromatic heterocycles. The van der Waals surface area contributed by atoms with E-state index in [0.29, 0.717) is 18.7 Å². The van der Waals surface area contributed by atoms with Crippen molar-refractivity contribution in [1.29, 1.82) is 0 Å². The van der Waals surface area contributed by atoms with Crippen LogP contribution in [0.3, 0.4) is 0 Å². The highest BCUT2D eigenvalue weighted by Crippen LogP contribution is 2.16. The number of hydrogen-bond donors (Lipinski definition) is 0. The molecule has 1 aliphatic heterocycles. The molecule has 0 unspecified atom stereocenters. The lowest BCUT2D eigenvalue weighted by molar-refractivity contribution is -0.753. The first kappa shape index (κ1) is 18.8. The first-order valence-corrected chi connectivity index (χ1v) is 7.74. The normalized spacial score (nSPS) is 14.9. The Morgan fingerprint density at radius 2 is 1.88 bits per heavy atom. The molecule has 0 radical (unpaired) electrons. The molecule has 7 nitrogen and oxygen atoms in total. The van der Waals surface area contributed by atoms with E-state index >= 15 is 0 Å². The summed E-state index contributed by atoms with van der Waals surface area (Å²) in [4.78, 5) is 35.7. The maximum atomic E-state index is 12.3. The number of halogens is 3. The zero-order valence-corrected chi connectivity index (χ0v) is 13.3. The molecule has 1 saturated heterocycles. The number of alkyl halides is 3. The van der Waals surface area contributed by atoms with E-state index in [1.807, 2.05) is 0 Å². The van der Waals surface area contributed by atoms with Gasteiger partial charge in [-0.25, -0.2) is 4.79 Å². The van der Waals surface area contributed by atoms with E-state index in [1.54, 1.807) is 4.90 Å². The van der Waals surface area contributed by atoms with Gasteiger partial charge in [-0.15, -0.1) is 0 Å². The number of amides is 1. The van der Waals surface area contributed by atoms with E-state index in [-0.39, 0.29) is 12.5 Å². The quantitative estimate of drug-likeness (QED) is 0.455. The summed E-state index contributed by atoms with van der Waals surface area (Å²) < 4.78 is 40.8. The molecule has 1 fully saturated rings. The topological polar surface area (TPSA) is 80.4 Å². The van der Waals surface area contributed by atoms with Crippen molar-refractivity contribution in [3.05, 3.63) is 24.0 Å². The summed E-state index contributed by atoms with van der Waals surface area (Å²) in [7, 11) is 0. The van der Waals surface area contributed by atoms with Gasteiger partial charge in [-0.1, -0.05) is 4.68 Å². The molecule has 25 heavy (non-hydrogen) atoms. The van der Waals surface area contributed by atoms with Crippen LogP contribution in [0.1, 0.15) is 36.0 Å². The number of rotatable bonds is 4. The van der Waals surface area contributed by atoms with Crippen molar-refractivity contribution in [3.8, 4) is 0 Å². The number of esters is 2. The summed E-state index contributed by atoms with van der Waals surface area (Å²) in [5, 5.41) is 3.95. The van der Waals surface area contributed by atoms with Crippen LogP contribution in [0.4, 0.5) is 13.2 Å². The molecule has 0 aromatic carbocycles. The Kier molecular flexibility index (Phi) is 6.05. The Hall–Kier alpha value is -2.52. The molecule has 0 spiro atoms. The Morgan fingerprint density at radius 1 is 1.20 bits per heavy atom. The third kappa shape index (κ3) is 5.50. The van der Waals surface area contributed by atoms with Gasteiger partial charge >= 0.3 is 18.1 Å². The second-order valence-electron chi connectivity index (χ2n) is 5.54. The summed E-state index contributed by atoms with van der Waals surface area (Å²) in [5.41, 5.74) is 0.396. The summed E-state index contributed by atoms with van der Waals surface area (Å²) in [6, 6.07) is 1.52. The Morgan fingerprint density at radius 3 is 2.44 bits per heavy atom. The van der Waals surface area contributed by atoms with E-state index in [2.05, 4.69) is 9.84 Å². The monoisotopic (exact) mass is 360 g/mol. The fourth-order valence-electron chi connectivity index (χ4n) is 2.34. The fraction of sp³-hybridized carbons (Fsp3) is 0.533. The van der Waals surface area contributed by atoms with E-state index < -0.39 is 24.5 Å². The van der Waals surface area contributed by atoms with Gasteiger partial charge in [0.15, 0.2) is 12.7 Å². The average Bonchev–Trinajstić information content (AvgIpc) is 2.59. The van der Waals surface area contributed by atoms with E-state index in [0.717, 1.165) is 19.3 Å². The van der Waals surface area contributed by atoms with Crippen molar-refractivity contribution in [2.45, 2.75) is 38.4 Å². The Balaban J connectivity index is 1.85. The molecular formula is C15H17F3N3O4+. The fourth-order valence-corrected chi connectivity index (χ4v) is 2.34. The lowest BCUT2D eigenvalue weighted by Gasteiger charge is -2.26. The molecule has 0 saturated carbocycles. The van der Waals surface area contributed by atoms with Crippen LogP contribution in [-0.2, 0) is 20.9 Å². The Labute approximate surface area is 141 Å². The Bertz CT molecular complexity index is 640. The highest BCUT2D eigenvalue weighted by atomic mass is 19.4. The van der Waals surface area contributed by atoms with Crippen LogP contribution in [0.25, 0.3) is 0 Å². The number of carbonyl (C=O) groups is 3. The van der Waals surface area contributed by atoms with Crippen molar-refractivity contribution < 1.29 is 37.0 Å². The largest absolute Gasteiger partial charge is 0.491 e. The average molecular weight is 360 g/mol. The predicted molar refractivity (Wildman–Crippen MR) is 76.0 cm³/mol. The molecule has 136 valence electrons. The molecule has 0 N–H and O–H groups in total. The summed E-state index contributed by atoms with van der Waals surface area (Å²) >= 11 is 0. The van der Waals surface area contributed by atoms with Crippen LogP contribution in [0.15, 0.2) is 18.5 Å². The molecule has 10 heteroatoms. The van der Waals surface area contributed by atoms with Crippen LogP contribution < -0.4 is 4.68 Å². The summed E-state index contributed by atoms with van der Waals surface area (Å²) in [5.74, 6) is -3.97. The highest BCUT2D eigenvalue weighted by molar-refractivity contribution is 5.93. The van der Waals surface area contributed by atoms with Crippen molar-refractivity contribution in [1.82, 2.24) is 10.00 Å². The zero-order chi connectivity index (χ0) is 18.4. The second-order valence-corrected chi connectivity index (χ2v) is 5.54. The van der Waals surface area contributed by atoms with Crippen LogP contribution in [-0.4, -0.2) is 47.1 Å². The second kappa shape index (κ2) is 8.04. The van der Waals surface area contributed by atoms with Crippen molar-refractivity contribution in [2.24, 2.45) is 0 Å². The molecule has 1 aromatic rings. The number of ether oxygens (including phenoxy) is 1. The number of aryl methyl sites for hydroxylation is 1. The number of aromatic nitrogens is 2. The smallest absolute Gasteiger partial charge is 0.386 e. The van der Waals surface area contributed by atoms with E-state index in [4.69, 9.17) is 0 Å². The van der Waals surface area contributed by atoms with Crippen molar-refractivity contribution in [3.63, 3.8) is 0 Å². The molecule has 1 aliphatic rings. The SMILES string of the molecule is O=C(CC[n+]1ccc(C(=O)N2CCCCC2)cn1)OC(=O)C(F)(F)F. The summed E-state index contributed by atoms with van der Waals surface area (Å²) in [6.45, 7) is 1.32. The van der Waals surface area contributed by atoms with Crippen LogP contribution in [0, 0.1) is 0 Å². The van der Waals surface area contributed by atoms with Gasteiger partial charge in [0.25, 0.3) is 5.91 Å². The van der Waals surface area contributed by atoms with Crippen molar-refractivity contribution in [2.75, 3.05) is 13.1 Å².